The van der Waals surface area contributed by atoms with E-state index in [9.17, 15) is 9.18 Å². The van der Waals surface area contributed by atoms with E-state index in [0.29, 0.717) is 10.0 Å². The first-order valence-corrected chi connectivity index (χ1v) is 6.00. The van der Waals surface area contributed by atoms with E-state index in [1.165, 1.54) is 24.5 Å². The number of carbonyl (C=O) groups is 1. The zero-order valence-corrected chi connectivity index (χ0v) is 11.2. The smallest absolute Gasteiger partial charge is 0.337 e. The third-order valence-corrected chi connectivity index (χ3v) is 3.59. The molecule has 18 heavy (non-hydrogen) atoms. The van der Waals surface area contributed by atoms with Gasteiger partial charge in [0.1, 0.15) is 0 Å². The first-order chi connectivity index (χ1) is 8.50. The molecule has 0 saturated heterocycles. The third-order valence-electron chi connectivity index (χ3n) is 2.33. The Kier molecular flexibility index (Phi) is 3.63. The van der Waals surface area contributed by atoms with Crippen LogP contribution in [0.25, 0.3) is 11.1 Å². The van der Waals surface area contributed by atoms with E-state index in [1.54, 1.807) is 6.07 Å². The van der Waals surface area contributed by atoms with Crippen LogP contribution in [0.2, 0.25) is 5.02 Å². The summed E-state index contributed by atoms with van der Waals surface area (Å²) in [6, 6.07) is 4.44. The zero-order valence-electron chi connectivity index (χ0n) is 8.82. The molecule has 3 nitrogen and oxygen atoms in total. The minimum atomic E-state index is -1.12. The predicted octanol–water partition coefficient (Wildman–Crippen LogP) is 4.00. The van der Waals surface area contributed by atoms with Gasteiger partial charge in [0.25, 0.3) is 0 Å². The summed E-state index contributed by atoms with van der Waals surface area (Å²) in [5.74, 6) is -1.73. The van der Waals surface area contributed by atoms with Crippen LogP contribution >= 0.6 is 27.5 Å². The summed E-state index contributed by atoms with van der Waals surface area (Å²) in [6.45, 7) is 0. The number of aromatic nitrogens is 1. The Balaban J connectivity index is 2.59. The molecular weight excluding hydrogens is 324 g/mol. The quantitative estimate of drug-likeness (QED) is 0.847. The lowest BCUT2D eigenvalue weighted by molar-refractivity contribution is 0.0696. The average molecular weight is 331 g/mol. The summed E-state index contributed by atoms with van der Waals surface area (Å²) in [6.07, 6.45) is 2.58. The van der Waals surface area contributed by atoms with E-state index in [2.05, 4.69) is 20.9 Å². The lowest BCUT2D eigenvalue weighted by Gasteiger charge is -2.06. The molecule has 2 rings (SSSR count). The molecule has 0 aliphatic heterocycles. The summed E-state index contributed by atoms with van der Waals surface area (Å²) >= 11 is 8.89. The summed E-state index contributed by atoms with van der Waals surface area (Å²) in [7, 11) is 0. The Morgan fingerprint density at radius 2 is 2.11 bits per heavy atom. The number of carboxylic acid groups (broad SMARTS) is 1. The Bertz CT molecular complexity index is 633. The Labute approximate surface area is 115 Å². The van der Waals surface area contributed by atoms with E-state index in [-0.39, 0.29) is 16.1 Å². The fourth-order valence-corrected chi connectivity index (χ4v) is 1.92. The molecule has 0 amide bonds. The fraction of sp³-hybridized carbons (Fsp3) is 0. The van der Waals surface area contributed by atoms with E-state index in [1.807, 2.05) is 0 Å². The summed E-state index contributed by atoms with van der Waals surface area (Å²) in [5, 5.41) is 8.81. The van der Waals surface area contributed by atoms with Gasteiger partial charge in [-0.15, -0.1) is 0 Å². The molecule has 92 valence electrons. The molecule has 0 aliphatic rings. The maximum atomic E-state index is 13.9. The van der Waals surface area contributed by atoms with E-state index in [4.69, 9.17) is 16.7 Å². The van der Waals surface area contributed by atoms with Gasteiger partial charge in [0.05, 0.1) is 10.6 Å². The lowest BCUT2D eigenvalue weighted by Crippen LogP contribution is -1.98. The third kappa shape index (κ3) is 2.37. The molecule has 0 atom stereocenters. The van der Waals surface area contributed by atoms with Crippen LogP contribution in [-0.2, 0) is 0 Å². The molecule has 6 heteroatoms. The molecular formula is C12H6BrClFNO2. The number of rotatable bonds is 2. The predicted molar refractivity (Wildman–Crippen MR) is 69.3 cm³/mol. The van der Waals surface area contributed by atoms with Gasteiger partial charge in [-0.05, 0) is 28.1 Å². The van der Waals surface area contributed by atoms with Gasteiger partial charge in [-0.2, -0.15) is 0 Å². The highest BCUT2D eigenvalue weighted by Gasteiger charge is 2.13. The second-order valence-electron chi connectivity index (χ2n) is 3.49. The lowest BCUT2D eigenvalue weighted by atomic mass is 10.1. The van der Waals surface area contributed by atoms with Gasteiger partial charge >= 0.3 is 5.97 Å². The number of aromatic carboxylic acids is 1. The number of hydrogen-bond acceptors (Lipinski definition) is 2. The molecule has 0 bridgehead atoms. The van der Waals surface area contributed by atoms with Crippen LogP contribution in [0.5, 0.6) is 0 Å². The first kappa shape index (κ1) is 13.0. The molecule has 1 aromatic heterocycles. The second-order valence-corrected chi connectivity index (χ2v) is 4.72. The molecule has 0 spiro atoms. The van der Waals surface area contributed by atoms with Gasteiger partial charge in [-0.25, -0.2) is 9.18 Å². The van der Waals surface area contributed by atoms with Crippen LogP contribution in [0.15, 0.2) is 35.1 Å². The van der Waals surface area contributed by atoms with Crippen LogP contribution in [0, 0.1) is 5.82 Å². The van der Waals surface area contributed by atoms with Crippen molar-refractivity contribution in [3.63, 3.8) is 0 Å². The highest BCUT2D eigenvalue weighted by Crippen LogP contribution is 2.32. The summed E-state index contributed by atoms with van der Waals surface area (Å²) < 4.78 is 14.4. The minimum Gasteiger partial charge on any atom is -0.478 e. The van der Waals surface area contributed by atoms with Crippen molar-refractivity contribution in [2.24, 2.45) is 0 Å². The van der Waals surface area contributed by atoms with Gasteiger partial charge < -0.3 is 5.11 Å². The van der Waals surface area contributed by atoms with Crippen LogP contribution in [0.1, 0.15) is 10.4 Å². The number of nitrogens with zero attached hydrogens (tertiary/aromatic N) is 1. The van der Waals surface area contributed by atoms with E-state index in [0.717, 1.165) is 0 Å². The molecule has 0 radical (unpaired) electrons. The Hall–Kier alpha value is -1.46. The highest BCUT2D eigenvalue weighted by atomic mass is 79.9. The molecule has 2 aromatic rings. The minimum absolute atomic E-state index is 0.00839. The summed E-state index contributed by atoms with van der Waals surface area (Å²) in [5.41, 5.74) is 0.562. The number of hydrogen-bond donors (Lipinski definition) is 1. The summed E-state index contributed by atoms with van der Waals surface area (Å²) in [4.78, 5) is 14.6. The number of carboxylic acids is 1. The van der Waals surface area contributed by atoms with Crippen LogP contribution in [0.4, 0.5) is 4.39 Å². The van der Waals surface area contributed by atoms with Gasteiger partial charge in [-0.1, -0.05) is 17.7 Å². The zero-order chi connectivity index (χ0) is 13.3. The van der Waals surface area contributed by atoms with E-state index >= 15 is 0 Å². The van der Waals surface area contributed by atoms with E-state index < -0.39 is 11.8 Å². The molecule has 1 heterocycles. The SMILES string of the molecule is O=C(O)c1cncc(-c2ccc(Br)c(Cl)c2F)c1. The molecule has 1 aromatic carbocycles. The first-order valence-electron chi connectivity index (χ1n) is 4.83. The maximum absolute atomic E-state index is 13.9. The van der Waals surface area contributed by atoms with Crippen molar-refractivity contribution in [1.29, 1.82) is 0 Å². The Morgan fingerprint density at radius 1 is 1.39 bits per heavy atom. The molecule has 0 saturated carbocycles. The highest BCUT2D eigenvalue weighted by molar-refractivity contribution is 9.10. The van der Waals surface area contributed by atoms with Crippen molar-refractivity contribution >= 4 is 33.5 Å². The number of halogens is 3. The van der Waals surface area contributed by atoms with Crippen molar-refractivity contribution in [2.75, 3.05) is 0 Å². The van der Waals surface area contributed by atoms with Gasteiger partial charge in [-0.3, -0.25) is 4.98 Å². The molecule has 1 N–H and O–H groups in total. The van der Waals surface area contributed by atoms with Gasteiger partial charge in [0.15, 0.2) is 5.82 Å². The van der Waals surface area contributed by atoms with Gasteiger partial charge in [0.2, 0.25) is 0 Å². The topological polar surface area (TPSA) is 50.2 Å². The van der Waals surface area contributed by atoms with Crippen molar-refractivity contribution in [2.45, 2.75) is 0 Å². The molecule has 0 aliphatic carbocycles. The number of benzene rings is 1. The molecule has 0 fully saturated rings. The fourth-order valence-electron chi connectivity index (χ4n) is 1.45. The maximum Gasteiger partial charge on any atom is 0.337 e. The van der Waals surface area contributed by atoms with Crippen LogP contribution in [-0.4, -0.2) is 16.1 Å². The van der Waals surface area contributed by atoms with Crippen LogP contribution in [0.3, 0.4) is 0 Å². The second kappa shape index (κ2) is 5.04. The van der Waals surface area contributed by atoms with Crippen molar-refractivity contribution in [3.8, 4) is 11.1 Å². The van der Waals surface area contributed by atoms with Crippen molar-refractivity contribution < 1.29 is 14.3 Å². The number of pyridine rings is 1. The average Bonchev–Trinajstić information content (AvgIpc) is 2.36. The van der Waals surface area contributed by atoms with Crippen LogP contribution < -0.4 is 0 Å². The normalized spacial score (nSPS) is 10.4. The monoisotopic (exact) mass is 329 g/mol. The van der Waals surface area contributed by atoms with Crippen molar-refractivity contribution in [3.05, 3.63) is 51.5 Å². The molecule has 0 unspecified atom stereocenters. The Morgan fingerprint density at radius 3 is 2.78 bits per heavy atom. The largest absolute Gasteiger partial charge is 0.478 e. The van der Waals surface area contributed by atoms with Crippen molar-refractivity contribution in [1.82, 2.24) is 4.98 Å². The standard InChI is InChI=1S/C12H6BrClFNO2/c13-9-2-1-8(11(15)10(9)14)6-3-7(12(17)18)5-16-4-6/h1-5H,(H,17,18). The van der Waals surface area contributed by atoms with Gasteiger partial charge in [0, 0.05) is 28.0 Å².